The van der Waals surface area contributed by atoms with Crippen LogP contribution in [0.5, 0.6) is 0 Å². The van der Waals surface area contributed by atoms with E-state index in [1.54, 1.807) is 0 Å². The summed E-state index contributed by atoms with van der Waals surface area (Å²) < 4.78 is 11.9. The van der Waals surface area contributed by atoms with E-state index in [1.807, 2.05) is 37.1 Å². The highest BCUT2D eigenvalue weighted by molar-refractivity contribution is 5.81. The molecule has 2 saturated heterocycles. The van der Waals surface area contributed by atoms with Gasteiger partial charge in [0.25, 0.3) is 5.91 Å². The van der Waals surface area contributed by atoms with Crippen LogP contribution < -0.4 is 0 Å². The first kappa shape index (κ1) is 16.4. The third kappa shape index (κ3) is 3.57. The SMILES string of the molecule is CC1CN(C)CC(C(=O)N2CCOC(C)(c3ccccc3)C2)O1. The number of ether oxygens (including phenoxy) is 2. The van der Waals surface area contributed by atoms with Crippen LogP contribution in [0.2, 0.25) is 0 Å². The fraction of sp³-hybridized carbons (Fsp3) is 0.611. The van der Waals surface area contributed by atoms with Crippen LogP contribution in [0.3, 0.4) is 0 Å². The molecule has 0 aromatic heterocycles. The number of carbonyl (C=O) groups is 1. The quantitative estimate of drug-likeness (QED) is 0.828. The fourth-order valence-electron chi connectivity index (χ4n) is 3.53. The third-order valence-electron chi connectivity index (χ3n) is 4.69. The van der Waals surface area contributed by atoms with E-state index in [0.717, 1.165) is 12.1 Å². The van der Waals surface area contributed by atoms with Gasteiger partial charge in [-0.15, -0.1) is 0 Å². The van der Waals surface area contributed by atoms with Crippen molar-refractivity contribution in [3.63, 3.8) is 0 Å². The number of likely N-dealkylation sites (N-methyl/N-ethyl adjacent to an activating group) is 1. The minimum Gasteiger partial charge on any atom is -0.367 e. The Balaban J connectivity index is 1.72. The zero-order valence-electron chi connectivity index (χ0n) is 14.2. The molecule has 0 saturated carbocycles. The maximum atomic E-state index is 12.9. The van der Waals surface area contributed by atoms with Gasteiger partial charge in [-0.3, -0.25) is 4.79 Å². The normalized spacial score (nSPS) is 32.7. The van der Waals surface area contributed by atoms with Gasteiger partial charge in [0.05, 0.1) is 19.3 Å². The molecule has 2 fully saturated rings. The van der Waals surface area contributed by atoms with Gasteiger partial charge in [-0.2, -0.15) is 0 Å². The van der Waals surface area contributed by atoms with Crippen LogP contribution in [0.1, 0.15) is 19.4 Å². The summed E-state index contributed by atoms with van der Waals surface area (Å²) in [5.41, 5.74) is 0.647. The van der Waals surface area contributed by atoms with Crippen molar-refractivity contribution < 1.29 is 14.3 Å². The Morgan fingerprint density at radius 3 is 2.70 bits per heavy atom. The monoisotopic (exact) mass is 318 g/mol. The van der Waals surface area contributed by atoms with Crippen LogP contribution in [0.25, 0.3) is 0 Å². The molecule has 0 N–H and O–H groups in total. The van der Waals surface area contributed by atoms with Crippen LogP contribution in [-0.4, -0.2) is 67.7 Å². The van der Waals surface area contributed by atoms with Crippen LogP contribution in [0.15, 0.2) is 30.3 Å². The van der Waals surface area contributed by atoms with E-state index in [4.69, 9.17) is 9.47 Å². The van der Waals surface area contributed by atoms with Gasteiger partial charge in [0.2, 0.25) is 0 Å². The topological polar surface area (TPSA) is 42.0 Å². The first-order valence-corrected chi connectivity index (χ1v) is 8.30. The summed E-state index contributed by atoms with van der Waals surface area (Å²) in [5, 5.41) is 0. The highest BCUT2D eigenvalue weighted by Crippen LogP contribution is 2.30. The molecule has 3 rings (SSSR count). The molecule has 0 aliphatic carbocycles. The zero-order valence-corrected chi connectivity index (χ0v) is 14.2. The van der Waals surface area contributed by atoms with Gasteiger partial charge in [0.1, 0.15) is 11.7 Å². The number of carbonyl (C=O) groups excluding carboxylic acids is 1. The molecule has 2 heterocycles. The summed E-state index contributed by atoms with van der Waals surface area (Å²) in [6.45, 7) is 7.33. The number of hydrogen-bond acceptors (Lipinski definition) is 4. The van der Waals surface area contributed by atoms with E-state index in [9.17, 15) is 4.79 Å². The average molecular weight is 318 g/mol. The van der Waals surface area contributed by atoms with Crippen molar-refractivity contribution in [1.29, 1.82) is 0 Å². The molecule has 2 aliphatic heterocycles. The first-order chi connectivity index (χ1) is 11.0. The summed E-state index contributed by atoms with van der Waals surface area (Å²) in [6.07, 6.45) is -0.286. The molecule has 0 spiro atoms. The molecule has 1 aromatic carbocycles. The van der Waals surface area contributed by atoms with Crippen molar-refractivity contribution in [3.8, 4) is 0 Å². The van der Waals surface area contributed by atoms with E-state index in [1.165, 1.54) is 0 Å². The molecule has 2 aliphatic rings. The number of hydrogen-bond donors (Lipinski definition) is 0. The Labute approximate surface area is 138 Å². The lowest BCUT2D eigenvalue weighted by Gasteiger charge is -2.43. The standard InChI is InChI=1S/C18H26N2O3/c1-14-11-19(3)12-16(23-14)17(21)20-9-10-22-18(2,13-20)15-7-5-4-6-8-15/h4-8,14,16H,9-13H2,1-3H3. The number of rotatable bonds is 2. The van der Waals surface area contributed by atoms with E-state index in [-0.39, 0.29) is 18.1 Å². The van der Waals surface area contributed by atoms with Gasteiger partial charge >= 0.3 is 0 Å². The minimum absolute atomic E-state index is 0.0776. The maximum absolute atomic E-state index is 12.9. The van der Waals surface area contributed by atoms with Gasteiger partial charge in [-0.25, -0.2) is 0 Å². The van der Waals surface area contributed by atoms with Crippen molar-refractivity contribution >= 4 is 5.91 Å². The molecule has 1 amide bonds. The van der Waals surface area contributed by atoms with Gasteiger partial charge in [-0.05, 0) is 26.5 Å². The van der Waals surface area contributed by atoms with Crippen LogP contribution in [0, 0.1) is 0 Å². The van der Waals surface area contributed by atoms with E-state index in [0.29, 0.717) is 26.2 Å². The number of amides is 1. The van der Waals surface area contributed by atoms with E-state index in [2.05, 4.69) is 24.0 Å². The van der Waals surface area contributed by atoms with Gasteiger partial charge in [0, 0.05) is 19.6 Å². The molecule has 3 unspecified atom stereocenters. The van der Waals surface area contributed by atoms with Crippen LogP contribution in [0.4, 0.5) is 0 Å². The maximum Gasteiger partial charge on any atom is 0.253 e. The van der Waals surface area contributed by atoms with Crippen molar-refractivity contribution in [3.05, 3.63) is 35.9 Å². The lowest BCUT2D eigenvalue weighted by Crippen LogP contribution is -2.57. The summed E-state index contributed by atoms with van der Waals surface area (Å²) in [5.74, 6) is 0.0776. The highest BCUT2D eigenvalue weighted by atomic mass is 16.5. The Bertz CT molecular complexity index is 540. The predicted molar refractivity (Wildman–Crippen MR) is 88.2 cm³/mol. The van der Waals surface area contributed by atoms with Crippen LogP contribution in [-0.2, 0) is 19.9 Å². The smallest absolute Gasteiger partial charge is 0.253 e. The molecule has 5 heteroatoms. The largest absolute Gasteiger partial charge is 0.367 e. The van der Waals surface area contributed by atoms with Crippen molar-refractivity contribution in [2.45, 2.75) is 31.7 Å². The van der Waals surface area contributed by atoms with Crippen molar-refractivity contribution in [2.24, 2.45) is 0 Å². The Kier molecular flexibility index (Phi) is 4.71. The van der Waals surface area contributed by atoms with E-state index < -0.39 is 5.60 Å². The number of morpholine rings is 2. The molecule has 0 bridgehead atoms. The fourth-order valence-corrected chi connectivity index (χ4v) is 3.53. The molecule has 1 aromatic rings. The molecular weight excluding hydrogens is 292 g/mol. The number of benzene rings is 1. The molecule has 23 heavy (non-hydrogen) atoms. The molecule has 126 valence electrons. The number of nitrogens with zero attached hydrogens (tertiary/aromatic N) is 2. The molecule has 5 nitrogen and oxygen atoms in total. The average Bonchev–Trinajstić information content (AvgIpc) is 2.54. The molecule has 0 radical (unpaired) electrons. The summed E-state index contributed by atoms with van der Waals surface area (Å²) in [7, 11) is 2.03. The summed E-state index contributed by atoms with van der Waals surface area (Å²) >= 11 is 0. The third-order valence-corrected chi connectivity index (χ3v) is 4.69. The van der Waals surface area contributed by atoms with Crippen molar-refractivity contribution in [2.75, 3.05) is 39.8 Å². The second-order valence-electron chi connectivity index (χ2n) is 6.86. The Morgan fingerprint density at radius 2 is 2.00 bits per heavy atom. The Hall–Kier alpha value is -1.43. The zero-order chi connectivity index (χ0) is 16.4. The minimum atomic E-state index is -0.457. The van der Waals surface area contributed by atoms with Crippen molar-refractivity contribution in [1.82, 2.24) is 9.80 Å². The molecule has 3 atom stereocenters. The van der Waals surface area contributed by atoms with Gasteiger partial charge in [-0.1, -0.05) is 30.3 Å². The van der Waals surface area contributed by atoms with Crippen LogP contribution >= 0.6 is 0 Å². The lowest BCUT2D eigenvalue weighted by atomic mass is 9.93. The predicted octanol–water partition coefficient (Wildman–Crippen LogP) is 1.48. The molecular formula is C18H26N2O3. The van der Waals surface area contributed by atoms with Gasteiger partial charge < -0.3 is 19.3 Å². The Morgan fingerprint density at radius 1 is 1.26 bits per heavy atom. The second-order valence-corrected chi connectivity index (χ2v) is 6.86. The summed E-state index contributed by atoms with van der Waals surface area (Å²) in [6, 6.07) is 10.1. The van der Waals surface area contributed by atoms with E-state index >= 15 is 0 Å². The first-order valence-electron chi connectivity index (χ1n) is 8.30. The summed E-state index contributed by atoms with van der Waals surface area (Å²) in [4.78, 5) is 16.9. The highest BCUT2D eigenvalue weighted by Gasteiger charge is 2.39. The second kappa shape index (κ2) is 6.59. The van der Waals surface area contributed by atoms with Gasteiger partial charge in [0.15, 0.2) is 0 Å². The lowest BCUT2D eigenvalue weighted by molar-refractivity contribution is -0.169.